The molecule has 4 aromatic rings. The van der Waals surface area contributed by atoms with E-state index in [2.05, 4.69) is 5.32 Å². The summed E-state index contributed by atoms with van der Waals surface area (Å²) in [5.41, 5.74) is 3.54. The molecule has 5 rings (SSSR count). The summed E-state index contributed by atoms with van der Waals surface area (Å²) in [5, 5.41) is 3.68. The Morgan fingerprint density at radius 3 is 2.52 bits per heavy atom. The van der Waals surface area contributed by atoms with E-state index in [1.54, 1.807) is 18.2 Å². The lowest BCUT2D eigenvalue weighted by molar-refractivity contribution is -0.115. The highest BCUT2D eigenvalue weighted by atomic mass is 35.5. The number of halogens is 2. The van der Waals surface area contributed by atoms with E-state index in [4.69, 9.17) is 27.9 Å². The molecule has 2 amide bonds. The molecule has 1 aliphatic heterocycles. The molecule has 1 N–H and O–H groups in total. The van der Waals surface area contributed by atoms with Crippen molar-refractivity contribution in [2.75, 3.05) is 0 Å². The molecule has 1 aliphatic rings. The number of carbonyl (C=O) groups excluding carboxylic acids is 2. The van der Waals surface area contributed by atoms with Crippen LogP contribution in [0.4, 0.5) is 4.79 Å². The summed E-state index contributed by atoms with van der Waals surface area (Å²) < 4.78 is 7.97. The van der Waals surface area contributed by atoms with Crippen molar-refractivity contribution in [3.05, 3.63) is 99.0 Å². The predicted octanol–water partition coefficient (Wildman–Crippen LogP) is 6.84. The van der Waals surface area contributed by atoms with Crippen LogP contribution in [-0.4, -0.2) is 15.7 Å². The number of thioether (sulfide) groups is 1. The summed E-state index contributed by atoms with van der Waals surface area (Å²) in [4.78, 5) is 24.1. The van der Waals surface area contributed by atoms with Crippen LogP contribution in [0.3, 0.4) is 0 Å². The molecule has 33 heavy (non-hydrogen) atoms. The van der Waals surface area contributed by atoms with Crippen LogP contribution >= 0.6 is 35.0 Å². The fraction of sp³-hybridized carbons (Fsp3) is 0.0400. The van der Waals surface area contributed by atoms with Gasteiger partial charge >= 0.3 is 0 Å². The number of benzene rings is 3. The average molecular weight is 495 g/mol. The third-order valence-corrected chi connectivity index (χ3v) is 6.71. The quantitative estimate of drug-likeness (QED) is 0.308. The smallest absolute Gasteiger partial charge is 0.290 e. The summed E-state index contributed by atoms with van der Waals surface area (Å²) in [6.07, 6.45) is 3.61. The molecule has 8 heteroatoms. The van der Waals surface area contributed by atoms with Crippen molar-refractivity contribution in [3.63, 3.8) is 0 Å². The van der Waals surface area contributed by atoms with Crippen molar-refractivity contribution < 1.29 is 14.3 Å². The van der Waals surface area contributed by atoms with Gasteiger partial charge in [0.05, 0.1) is 20.5 Å². The molecule has 164 valence electrons. The zero-order chi connectivity index (χ0) is 22.9. The maximum Gasteiger partial charge on any atom is 0.290 e. The molecule has 2 heterocycles. The van der Waals surface area contributed by atoms with Crippen LogP contribution in [0.15, 0.2) is 77.8 Å². The van der Waals surface area contributed by atoms with E-state index < -0.39 is 5.91 Å². The van der Waals surface area contributed by atoms with Gasteiger partial charge in [0.1, 0.15) is 12.4 Å². The lowest BCUT2D eigenvalue weighted by Crippen LogP contribution is -2.17. The molecule has 0 radical (unpaired) electrons. The van der Waals surface area contributed by atoms with Gasteiger partial charge in [-0.3, -0.25) is 14.9 Å². The van der Waals surface area contributed by atoms with E-state index >= 15 is 0 Å². The monoisotopic (exact) mass is 494 g/mol. The third kappa shape index (κ3) is 4.50. The normalized spacial score (nSPS) is 14.8. The van der Waals surface area contributed by atoms with Crippen LogP contribution in [0.2, 0.25) is 10.0 Å². The molecule has 0 saturated carbocycles. The number of ether oxygens (including phenoxy) is 1. The molecule has 5 nitrogen and oxygen atoms in total. The van der Waals surface area contributed by atoms with Crippen molar-refractivity contribution in [1.29, 1.82) is 0 Å². The van der Waals surface area contributed by atoms with Gasteiger partial charge in [0, 0.05) is 22.8 Å². The van der Waals surface area contributed by atoms with E-state index in [1.165, 1.54) is 0 Å². The molecule has 0 spiro atoms. The van der Waals surface area contributed by atoms with Gasteiger partial charge in [0.25, 0.3) is 11.1 Å². The molecule has 0 aliphatic carbocycles. The lowest BCUT2D eigenvalue weighted by atomic mass is 10.1. The van der Waals surface area contributed by atoms with Gasteiger partial charge < -0.3 is 9.30 Å². The second kappa shape index (κ2) is 8.98. The number of fused-ring (bicyclic) bond motifs is 1. The molecule has 0 atom stereocenters. The number of aromatic nitrogens is 1. The molecule has 0 bridgehead atoms. The highest BCUT2D eigenvalue weighted by molar-refractivity contribution is 8.18. The SMILES string of the molecule is O=C1NC(=O)/C(=C\c2cn(-c3ccc(Cl)c(Cl)c3)c3ccc(OCc4ccccc4)cc23)S1. The summed E-state index contributed by atoms with van der Waals surface area (Å²) in [7, 11) is 0. The first-order valence-corrected chi connectivity index (χ1v) is 11.6. The fourth-order valence-corrected chi connectivity index (χ4v) is 4.56. The minimum atomic E-state index is -0.406. The summed E-state index contributed by atoms with van der Waals surface area (Å²) in [6, 6.07) is 21.1. The fourth-order valence-electron chi connectivity index (χ4n) is 3.59. The highest BCUT2D eigenvalue weighted by Crippen LogP contribution is 2.34. The van der Waals surface area contributed by atoms with E-state index in [-0.39, 0.29) is 5.24 Å². The van der Waals surface area contributed by atoms with Gasteiger partial charge in [-0.1, -0.05) is 53.5 Å². The van der Waals surface area contributed by atoms with Gasteiger partial charge in [-0.15, -0.1) is 0 Å². The Morgan fingerprint density at radius 1 is 0.970 bits per heavy atom. The number of nitrogens with one attached hydrogen (secondary N) is 1. The predicted molar refractivity (Wildman–Crippen MR) is 133 cm³/mol. The number of hydrogen-bond donors (Lipinski definition) is 1. The van der Waals surface area contributed by atoms with E-state index in [9.17, 15) is 9.59 Å². The van der Waals surface area contributed by atoms with E-state index in [1.807, 2.05) is 65.4 Å². The molecule has 1 aromatic heterocycles. The van der Waals surface area contributed by atoms with E-state index in [0.717, 1.165) is 39.5 Å². The summed E-state index contributed by atoms with van der Waals surface area (Å²) in [6.45, 7) is 0.434. The standard InChI is InChI=1S/C25H16Cl2N2O3S/c26-20-8-6-17(11-21(20)27)29-13-16(10-23-24(30)28-25(31)33-23)19-12-18(7-9-22(19)29)32-14-15-4-2-1-3-5-15/h1-13H,14H2,(H,28,30,31)/b23-10+. The van der Waals surface area contributed by atoms with Crippen molar-refractivity contribution in [2.24, 2.45) is 0 Å². The van der Waals surface area contributed by atoms with Gasteiger partial charge in [0.15, 0.2) is 0 Å². The van der Waals surface area contributed by atoms with Crippen LogP contribution in [0.5, 0.6) is 5.75 Å². The zero-order valence-corrected chi connectivity index (χ0v) is 19.4. The minimum Gasteiger partial charge on any atom is -0.489 e. The van der Waals surface area contributed by atoms with Crippen molar-refractivity contribution >= 4 is 63.1 Å². The van der Waals surface area contributed by atoms with Crippen molar-refractivity contribution in [3.8, 4) is 11.4 Å². The van der Waals surface area contributed by atoms with Crippen LogP contribution < -0.4 is 10.1 Å². The Kier molecular flexibility index (Phi) is 5.89. The number of carbonyl (C=O) groups is 2. The number of rotatable bonds is 5. The summed E-state index contributed by atoms with van der Waals surface area (Å²) >= 11 is 13.2. The Bertz CT molecular complexity index is 1430. The second-order valence-electron chi connectivity index (χ2n) is 7.36. The maximum atomic E-state index is 12.1. The molecular formula is C25H16Cl2N2O3S. The Labute approximate surface area is 203 Å². The van der Waals surface area contributed by atoms with Crippen LogP contribution in [-0.2, 0) is 11.4 Å². The van der Waals surface area contributed by atoms with Gasteiger partial charge in [-0.05, 0) is 59.8 Å². The second-order valence-corrected chi connectivity index (χ2v) is 9.19. The number of nitrogens with zero attached hydrogens (tertiary/aromatic N) is 1. The van der Waals surface area contributed by atoms with Gasteiger partial charge in [-0.25, -0.2) is 0 Å². The first-order valence-electron chi connectivity index (χ1n) is 10.00. The van der Waals surface area contributed by atoms with Gasteiger partial charge in [-0.2, -0.15) is 0 Å². The zero-order valence-electron chi connectivity index (χ0n) is 17.0. The molecule has 1 saturated heterocycles. The number of hydrogen-bond acceptors (Lipinski definition) is 4. The first kappa shape index (κ1) is 21.6. The van der Waals surface area contributed by atoms with Crippen LogP contribution in [0.25, 0.3) is 22.7 Å². The molecule has 0 unspecified atom stereocenters. The molecule has 1 fully saturated rings. The third-order valence-electron chi connectivity index (χ3n) is 5.17. The van der Waals surface area contributed by atoms with Crippen LogP contribution in [0, 0.1) is 0 Å². The van der Waals surface area contributed by atoms with Crippen molar-refractivity contribution in [2.45, 2.75) is 6.61 Å². The Morgan fingerprint density at radius 2 is 1.79 bits per heavy atom. The largest absolute Gasteiger partial charge is 0.489 e. The average Bonchev–Trinajstić information content (AvgIpc) is 3.33. The number of amides is 2. The first-order chi connectivity index (χ1) is 16.0. The van der Waals surface area contributed by atoms with Gasteiger partial charge in [0.2, 0.25) is 0 Å². The van der Waals surface area contributed by atoms with Crippen molar-refractivity contribution in [1.82, 2.24) is 9.88 Å². The highest BCUT2D eigenvalue weighted by Gasteiger charge is 2.25. The maximum absolute atomic E-state index is 12.1. The number of imide groups is 1. The Balaban J connectivity index is 1.59. The van der Waals surface area contributed by atoms with Crippen LogP contribution in [0.1, 0.15) is 11.1 Å². The Hall–Kier alpha value is -3.19. The van der Waals surface area contributed by atoms with E-state index in [0.29, 0.717) is 27.3 Å². The lowest BCUT2D eigenvalue weighted by Gasteiger charge is -2.09. The minimum absolute atomic E-state index is 0.337. The molecular weight excluding hydrogens is 479 g/mol. The molecule has 3 aromatic carbocycles. The topological polar surface area (TPSA) is 60.3 Å². The summed E-state index contributed by atoms with van der Waals surface area (Å²) in [5.74, 6) is 0.286.